The maximum absolute atomic E-state index is 12.0. The van der Waals surface area contributed by atoms with Gasteiger partial charge in [-0.25, -0.2) is 0 Å². The molecule has 0 saturated heterocycles. The molecule has 0 aromatic heterocycles. The lowest BCUT2D eigenvalue weighted by Crippen LogP contribution is -2.23. The quantitative estimate of drug-likeness (QED) is 0.787. The van der Waals surface area contributed by atoms with E-state index in [0.717, 1.165) is 24.2 Å². The van der Waals surface area contributed by atoms with Crippen LogP contribution in [0.2, 0.25) is 0 Å². The van der Waals surface area contributed by atoms with Crippen LogP contribution in [0.4, 0.5) is 11.4 Å². The minimum absolute atomic E-state index is 0.0993. The number of carbonyl (C=O) groups excluding carboxylic acids is 1. The molecule has 0 fully saturated rings. The predicted octanol–water partition coefficient (Wildman–Crippen LogP) is 3.23. The van der Waals surface area contributed by atoms with E-state index in [1.54, 1.807) is 0 Å². The molecule has 1 aliphatic carbocycles. The molecule has 0 bridgehead atoms. The Bertz CT molecular complexity index is 719. The molecule has 1 atom stereocenters. The first-order chi connectivity index (χ1) is 10.2. The van der Waals surface area contributed by atoms with Crippen LogP contribution in [0.3, 0.4) is 0 Å². The Morgan fingerprint density at radius 1 is 1.05 bits per heavy atom. The van der Waals surface area contributed by atoms with Crippen molar-refractivity contribution in [2.45, 2.75) is 31.6 Å². The van der Waals surface area contributed by atoms with Gasteiger partial charge in [0.2, 0.25) is 5.91 Å². The third-order valence-corrected chi connectivity index (χ3v) is 4.64. The van der Waals surface area contributed by atoms with Crippen molar-refractivity contribution in [2.24, 2.45) is 0 Å². The molecule has 3 heteroatoms. The van der Waals surface area contributed by atoms with Crippen molar-refractivity contribution in [3.63, 3.8) is 0 Å². The fourth-order valence-corrected chi connectivity index (χ4v) is 3.56. The molecule has 0 saturated carbocycles. The van der Waals surface area contributed by atoms with Gasteiger partial charge in [0.15, 0.2) is 0 Å². The lowest BCUT2D eigenvalue weighted by atomic mass is 9.83. The normalized spacial score (nSPS) is 19.8. The summed E-state index contributed by atoms with van der Waals surface area (Å²) >= 11 is 0. The summed E-state index contributed by atoms with van der Waals surface area (Å²) in [4.78, 5) is 12.0. The lowest BCUT2D eigenvalue weighted by Gasteiger charge is -2.27. The zero-order valence-electron chi connectivity index (χ0n) is 11.9. The summed E-state index contributed by atoms with van der Waals surface area (Å²) in [5, 5.41) is 3.04. The highest BCUT2D eigenvalue weighted by atomic mass is 16.1. The lowest BCUT2D eigenvalue weighted by molar-refractivity contribution is -0.116. The number of fused-ring (bicyclic) bond motifs is 2. The molecular weight excluding hydrogens is 260 g/mol. The van der Waals surface area contributed by atoms with Gasteiger partial charge in [0.25, 0.3) is 0 Å². The number of amides is 1. The number of nitrogen functional groups attached to an aromatic ring is 1. The van der Waals surface area contributed by atoms with E-state index in [4.69, 9.17) is 5.73 Å². The maximum Gasteiger partial charge on any atom is 0.225 e. The molecular formula is C18H18N2O. The van der Waals surface area contributed by atoms with Gasteiger partial charge in [0.1, 0.15) is 0 Å². The number of benzene rings is 2. The molecule has 2 aromatic rings. The van der Waals surface area contributed by atoms with Crippen LogP contribution in [0, 0.1) is 0 Å². The van der Waals surface area contributed by atoms with E-state index < -0.39 is 0 Å². The molecule has 2 aromatic carbocycles. The summed E-state index contributed by atoms with van der Waals surface area (Å²) in [6.45, 7) is 0. The molecule has 0 radical (unpaired) electrons. The van der Waals surface area contributed by atoms with Crippen LogP contribution in [0.15, 0.2) is 36.4 Å². The Hall–Kier alpha value is -2.29. The van der Waals surface area contributed by atoms with Crippen molar-refractivity contribution < 1.29 is 4.79 Å². The average molecular weight is 278 g/mol. The smallest absolute Gasteiger partial charge is 0.225 e. The van der Waals surface area contributed by atoms with E-state index in [0.29, 0.717) is 6.42 Å². The fourth-order valence-electron chi connectivity index (χ4n) is 3.56. The van der Waals surface area contributed by atoms with E-state index in [1.165, 1.54) is 28.7 Å². The van der Waals surface area contributed by atoms with Gasteiger partial charge >= 0.3 is 0 Å². The topological polar surface area (TPSA) is 55.1 Å². The average Bonchev–Trinajstić information content (AvgIpc) is 2.92. The van der Waals surface area contributed by atoms with Gasteiger partial charge in [-0.05, 0) is 59.7 Å². The van der Waals surface area contributed by atoms with Crippen LogP contribution in [0.5, 0.6) is 0 Å². The zero-order chi connectivity index (χ0) is 14.4. The van der Waals surface area contributed by atoms with Crippen molar-refractivity contribution in [3.8, 4) is 0 Å². The summed E-state index contributed by atoms with van der Waals surface area (Å²) in [7, 11) is 0. The van der Waals surface area contributed by atoms with Crippen LogP contribution >= 0.6 is 0 Å². The largest absolute Gasteiger partial charge is 0.399 e. The number of anilines is 2. The zero-order valence-corrected chi connectivity index (χ0v) is 11.9. The third-order valence-electron chi connectivity index (χ3n) is 4.64. The Labute approximate surface area is 124 Å². The van der Waals surface area contributed by atoms with Crippen molar-refractivity contribution in [1.82, 2.24) is 0 Å². The van der Waals surface area contributed by atoms with Gasteiger partial charge in [-0.3, -0.25) is 4.79 Å². The Morgan fingerprint density at radius 3 is 2.52 bits per heavy atom. The number of aryl methyl sites for hydroxylation is 2. The van der Waals surface area contributed by atoms with Crippen molar-refractivity contribution >= 4 is 17.3 Å². The van der Waals surface area contributed by atoms with Gasteiger partial charge in [0, 0.05) is 23.7 Å². The summed E-state index contributed by atoms with van der Waals surface area (Å²) in [5.41, 5.74) is 12.8. The van der Waals surface area contributed by atoms with E-state index >= 15 is 0 Å². The molecule has 106 valence electrons. The molecule has 2 aliphatic rings. The van der Waals surface area contributed by atoms with E-state index in [9.17, 15) is 4.79 Å². The second-order valence-corrected chi connectivity index (χ2v) is 6.03. The number of nitrogens with two attached hydrogens (primary N) is 1. The summed E-state index contributed by atoms with van der Waals surface area (Å²) < 4.78 is 0. The Kier molecular flexibility index (Phi) is 2.74. The molecule has 4 rings (SSSR count). The molecule has 1 amide bonds. The summed E-state index contributed by atoms with van der Waals surface area (Å²) in [6.07, 6.45) is 4.02. The minimum atomic E-state index is 0.0993. The van der Waals surface area contributed by atoms with Crippen LogP contribution in [-0.4, -0.2) is 5.91 Å². The molecule has 0 spiro atoms. The predicted molar refractivity (Wildman–Crippen MR) is 84.4 cm³/mol. The Balaban J connectivity index is 1.83. The third kappa shape index (κ3) is 2.09. The highest BCUT2D eigenvalue weighted by Crippen LogP contribution is 2.40. The van der Waals surface area contributed by atoms with Gasteiger partial charge in [0.05, 0.1) is 0 Å². The van der Waals surface area contributed by atoms with Crippen LogP contribution < -0.4 is 11.1 Å². The van der Waals surface area contributed by atoms with Crippen LogP contribution in [0.25, 0.3) is 0 Å². The standard InChI is InChI=1S/C18H18N2O/c19-14-6-4-11(5-7-14)15-10-18(21)20-17-9-13-3-1-2-12(13)8-16(15)17/h4-9,15H,1-3,10,19H2,(H,20,21). The van der Waals surface area contributed by atoms with E-state index in [1.807, 2.05) is 24.3 Å². The van der Waals surface area contributed by atoms with E-state index in [2.05, 4.69) is 17.4 Å². The van der Waals surface area contributed by atoms with Gasteiger partial charge in [-0.2, -0.15) is 0 Å². The van der Waals surface area contributed by atoms with Crippen LogP contribution in [0.1, 0.15) is 41.0 Å². The monoisotopic (exact) mass is 278 g/mol. The second kappa shape index (κ2) is 4.62. The molecule has 1 heterocycles. The number of hydrogen-bond acceptors (Lipinski definition) is 2. The first-order valence-corrected chi connectivity index (χ1v) is 7.52. The van der Waals surface area contributed by atoms with Crippen LogP contribution in [-0.2, 0) is 17.6 Å². The maximum atomic E-state index is 12.0. The fraction of sp³-hybridized carbons (Fsp3) is 0.278. The molecule has 3 N–H and O–H groups in total. The highest BCUT2D eigenvalue weighted by Gasteiger charge is 2.28. The van der Waals surface area contributed by atoms with Gasteiger partial charge < -0.3 is 11.1 Å². The summed E-state index contributed by atoms with van der Waals surface area (Å²) in [6, 6.07) is 12.4. The first kappa shape index (κ1) is 12.5. The number of carbonyl (C=O) groups is 1. The van der Waals surface area contributed by atoms with Crippen molar-refractivity contribution in [3.05, 3.63) is 58.7 Å². The van der Waals surface area contributed by atoms with Crippen molar-refractivity contribution in [2.75, 3.05) is 11.1 Å². The molecule has 21 heavy (non-hydrogen) atoms. The van der Waals surface area contributed by atoms with Gasteiger partial charge in [-0.15, -0.1) is 0 Å². The number of hydrogen-bond donors (Lipinski definition) is 2. The summed E-state index contributed by atoms with van der Waals surface area (Å²) in [5.74, 6) is 0.238. The highest BCUT2D eigenvalue weighted by molar-refractivity contribution is 5.95. The minimum Gasteiger partial charge on any atom is -0.399 e. The molecule has 1 aliphatic heterocycles. The van der Waals surface area contributed by atoms with E-state index in [-0.39, 0.29) is 11.8 Å². The van der Waals surface area contributed by atoms with Gasteiger partial charge in [-0.1, -0.05) is 18.2 Å². The number of nitrogens with one attached hydrogen (secondary N) is 1. The second-order valence-electron chi connectivity index (χ2n) is 6.03. The SMILES string of the molecule is Nc1ccc(C2CC(=O)Nc3cc4c(cc32)CCC4)cc1. The Morgan fingerprint density at radius 2 is 1.76 bits per heavy atom. The number of rotatable bonds is 1. The first-order valence-electron chi connectivity index (χ1n) is 7.52. The van der Waals surface area contributed by atoms with Crippen molar-refractivity contribution in [1.29, 1.82) is 0 Å². The molecule has 3 nitrogen and oxygen atoms in total. The molecule has 1 unspecified atom stereocenters.